The van der Waals surface area contributed by atoms with Gasteiger partial charge in [0.15, 0.2) is 0 Å². The quantitative estimate of drug-likeness (QED) is 0.795. The molecule has 78 valence electrons. The Bertz CT molecular complexity index is 258. The van der Waals surface area contributed by atoms with E-state index in [1.54, 1.807) is 0 Å². The molecule has 0 radical (unpaired) electrons. The fourth-order valence-corrected chi connectivity index (χ4v) is 1.64. The van der Waals surface area contributed by atoms with Crippen LogP contribution in [-0.2, 0) is 0 Å². The van der Waals surface area contributed by atoms with Crippen molar-refractivity contribution in [2.45, 2.75) is 18.9 Å². The summed E-state index contributed by atoms with van der Waals surface area (Å²) in [6, 6.07) is 8.39. The van der Waals surface area contributed by atoms with E-state index in [1.807, 2.05) is 19.2 Å². The van der Waals surface area contributed by atoms with Crippen molar-refractivity contribution in [3.05, 3.63) is 34.3 Å². The van der Waals surface area contributed by atoms with Crippen LogP contribution in [0.1, 0.15) is 24.4 Å². The third-order valence-corrected chi connectivity index (χ3v) is 2.77. The third kappa shape index (κ3) is 3.78. The standard InChI is InChI=1S/C11H17BrN2/c1-14-8-2-3-11(13)9-4-6-10(12)7-5-9/h4-7,11,14H,2-3,8,13H2,1H3. The van der Waals surface area contributed by atoms with E-state index in [1.165, 1.54) is 5.56 Å². The Morgan fingerprint density at radius 2 is 2.00 bits per heavy atom. The van der Waals surface area contributed by atoms with Crippen molar-refractivity contribution in [3.8, 4) is 0 Å². The Labute approximate surface area is 94.0 Å². The van der Waals surface area contributed by atoms with E-state index in [-0.39, 0.29) is 6.04 Å². The van der Waals surface area contributed by atoms with Gasteiger partial charge in [-0.15, -0.1) is 0 Å². The summed E-state index contributed by atoms with van der Waals surface area (Å²) in [6.07, 6.45) is 2.15. The molecule has 1 aromatic carbocycles. The average Bonchev–Trinajstić information content (AvgIpc) is 2.19. The van der Waals surface area contributed by atoms with Gasteiger partial charge in [0.25, 0.3) is 0 Å². The van der Waals surface area contributed by atoms with E-state index in [0.29, 0.717) is 0 Å². The van der Waals surface area contributed by atoms with Crippen LogP contribution in [0.25, 0.3) is 0 Å². The van der Waals surface area contributed by atoms with Crippen molar-refractivity contribution in [2.24, 2.45) is 5.73 Å². The topological polar surface area (TPSA) is 38.0 Å². The van der Waals surface area contributed by atoms with E-state index in [9.17, 15) is 0 Å². The molecule has 0 bridgehead atoms. The maximum atomic E-state index is 6.04. The summed E-state index contributed by atoms with van der Waals surface area (Å²) < 4.78 is 1.10. The first kappa shape index (κ1) is 11.7. The number of benzene rings is 1. The molecule has 0 saturated heterocycles. The van der Waals surface area contributed by atoms with Crippen LogP contribution in [0.2, 0.25) is 0 Å². The summed E-state index contributed by atoms with van der Waals surface area (Å²) in [5.41, 5.74) is 7.26. The Morgan fingerprint density at radius 3 is 2.57 bits per heavy atom. The van der Waals surface area contributed by atoms with Crippen LogP contribution in [0.5, 0.6) is 0 Å². The summed E-state index contributed by atoms with van der Waals surface area (Å²) in [5, 5.41) is 3.12. The van der Waals surface area contributed by atoms with Crippen LogP contribution >= 0.6 is 15.9 Å². The van der Waals surface area contributed by atoms with E-state index in [4.69, 9.17) is 5.73 Å². The highest BCUT2D eigenvalue weighted by Crippen LogP contribution is 2.18. The van der Waals surface area contributed by atoms with Crippen LogP contribution < -0.4 is 11.1 Å². The molecule has 14 heavy (non-hydrogen) atoms. The minimum Gasteiger partial charge on any atom is -0.324 e. The number of nitrogens with one attached hydrogen (secondary N) is 1. The second-order valence-corrected chi connectivity index (χ2v) is 4.32. The first-order valence-electron chi connectivity index (χ1n) is 4.89. The monoisotopic (exact) mass is 256 g/mol. The van der Waals surface area contributed by atoms with Crippen molar-refractivity contribution < 1.29 is 0 Å². The van der Waals surface area contributed by atoms with Crippen molar-refractivity contribution in [1.29, 1.82) is 0 Å². The molecule has 3 N–H and O–H groups in total. The van der Waals surface area contributed by atoms with Gasteiger partial charge in [0.05, 0.1) is 0 Å². The second kappa shape index (κ2) is 6.17. The third-order valence-electron chi connectivity index (χ3n) is 2.24. The van der Waals surface area contributed by atoms with Crippen molar-refractivity contribution in [1.82, 2.24) is 5.32 Å². The highest BCUT2D eigenvalue weighted by molar-refractivity contribution is 9.10. The predicted octanol–water partition coefficient (Wildman–Crippen LogP) is 2.45. The number of rotatable bonds is 5. The molecule has 1 unspecified atom stereocenters. The minimum absolute atomic E-state index is 0.163. The molecule has 0 heterocycles. The maximum absolute atomic E-state index is 6.04. The number of nitrogens with two attached hydrogens (primary N) is 1. The molecule has 0 spiro atoms. The summed E-state index contributed by atoms with van der Waals surface area (Å²) in [5.74, 6) is 0. The van der Waals surface area contributed by atoms with E-state index in [2.05, 4.69) is 33.4 Å². The van der Waals surface area contributed by atoms with Crippen molar-refractivity contribution in [2.75, 3.05) is 13.6 Å². The smallest absolute Gasteiger partial charge is 0.0295 e. The molecule has 0 aliphatic rings. The fourth-order valence-electron chi connectivity index (χ4n) is 1.38. The van der Waals surface area contributed by atoms with Gasteiger partial charge in [-0.25, -0.2) is 0 Å². The molecule has 1 aromatic rings. The SMILES string of the molecule is CNCCCC(N)c1ccc(Br)cc1. The first-order chi connectivity index (χ1) is 6.74. The second-order valence-electron chi connectivity index (χ2n) is 3.40. The summed E-state index contributed by atoms with van der Waals surface area (Å²) in [4.78, 5) is 0. The largest absolute Gasteiger partial charge is 0.324 e. The normalized spacial score (nSPS) is 12.8. The van der Waals surface area contributed by atoms with Crippen LogP contribution in [0.3, 0.4) is 0 Å². The van der Waals surface area contributed by atoms with E-state index >= 15 is 0 Å². The minimum atomic E-state index is 0.163. The lowest BCUT2D eigenvalue weighted by atomic mass is 10.0. The molecule has 0 saturated carbocycles. The molecular formula is C11H17BrN2. The van der Waals surface area contributed by atoms with Crippen molar-refractivity contribution >= 4 is 15.9 Å². The van der Waals surface area contributed by atoms with Gasteiger partial charge in [0.1, 0.15) is 0 Å². The number of hydrogen-bond acceptors (Lipinski definition) is 2. The Hall–Kier alpha value is -0.380. The zero-order valence-corrected chi connectivity index (χ0v) is 10.0. The van der Waals surface area contributed by atoms with Crippen molar-refractivity contribution in [3.63, 3.8) is 0 Å². The van der Waals surface area contributed by atoms with E-state index in [0.717, 1.165) is 23.9 Å². The van der Waals surface area contributed by atoms with Gasteiger partial charge in [-0.3, -0.25) is 0 Å². The van der Waals surface area contributed by atoms with Crippen LogP contribution in [-0.4, -0.2) is 13.6 Å². The molecule has 0 aromatic heterocycles. The average molecular weight is 257 g/mol. The van der Waals surface area contributed by atoms with Crippen LogP contribution in [0, 0.1) is 0 Å². The lowest BCUT2D eigenvalue weighted by Gasteiger charge is -2.11. The summed E-state index contributed by atoms with van der Waals surface area (Å²) in [6.45, 7) is 1.03. The molecule has 3 heteroatoms. The Balaban J connectivity index is 2.43. The van der Waals surface area contributed by atoms with E-state index < -0.39 is 0 Å². The molecule has 0 aliphatic carbocycles. The first-order valence-corrected chi connectivity index (χ1v) is 5.69. The number of hydrogen-bond donors (Lipinski definition) is 2. The predicted molar refractivity (Wildman–Crippen MR) is 64.2 cm³/mol. The molecule has 0 amide bonds. The highest BCUT2D eigenvalue weighted by atomic mass is 79.9. The van der Waals surface area contributed by atoms with Crippen LogP contribution in [0.15, 0.2) is 28.7 Å². The van der Waals surface area contributed by atoms with Gasteiger partial charge in [0, 0.05) is 10.5 Å². The zero-order chi connectivity index (χ0) is 10.4. The molecule has 0 fully saturated rings. The lowest BCUT2D eigenvalue weighted by molar-refractivity contribution is 0.590. The summed E-state index contributed by atoms with van der Waals surface area (Å²) in [7, 11) is 1.96. The Kier molecular flexibility index (Phi) is 5.15. The zero-order valence-electron chi connectivity index (χ0n) is 8.46. The molecule has 1 atom stereocenters. The van der Waals surface area contributed by atoms with Gasteiger partial charge in [-0.1, -0.05) is 28.1 Å². The molecule has 1 rings (SSSR count). The fraction of sp³-hybridized carbons (Fsp3) is 0.455. The van der Waals surface area contributed by atoms with Gasteiger partial charge in [0.2, 0.25) is 0 Å². The molecule has 0 aliphatic heterocycles. The van der Waals surface area contributed by atoms with Gasteiger partial charge in [-0.05, 0) is 44.1 Å². The maximum Gasteiger partial charge on any atom is 0.0295 e. The van der Waals surface area contributed by atoms with Crippen LogP contribution in [0.4, 0.5) is 0 Å². The molecular weight excluding hydrogens is 240 g/mol. The van der Waals surface area contributed by atoms with Gasteiger partial charge < -0.3 is 11.1 Å². The van der Waals surface area contributed by atoms with Gasteiger partial charge in [-0.2, -0.15) is 0 Å². The Morgan fingerprint density at radius 1 is 1.36 bits per heavy atom. The highest BCUT2D eigenvalue weighted by Gasteiger charge is 2.04. The number of halogens is 1. The molecule has 2 nitrogen and oxygen atoms in total. The summed E-state index contributed by atoms with van der Waals surface area (Å²) >= 11 is 3.41. The lowest BCUT2D eigenvalue weighted by Crippen LogP contribution is -2.14. The van der Waals surface area contributed by atoms with Gasteiger partial charge >= 0.3 is 0 Å².